The SMILES string of the molecule is CC1CCCC1CNCC(=O)Nc1c(F)cccc1F. The number of nitrogens with one attached hydrogen (secondary N) is 2. The molecule has 2 rings (SSSR count). The molecule has 0 saturated heterocycles. The fourth-order valence-electron chi connectivity index (χ4n) is 2.70. The van der Waals surface area contributed by atoms with Gasteiger partial charge in [0.25, 0.3) is 0 Å². The van der Waals surface area contributed by atoms with Crippen molar-refractivity contribution in [3.05, 3.63) is 29.8 Å². The minimum Gasteiger partial charge on any atom is -0.320 e. The minimum absolute atomic E-state index is 0.0665. The van der Waals surface area contributed by atoms with Gasteiger partial charge in [0.15, 0.2) is 0 Å². The third-order valence-corrected chi connectivity index (χ3v) is 3.96. The molecule has 0 aliphatic heterocycles. The number of benzene rings is 1. The molecule has 0 radical (unpaired) electrons. The van der Waals surface area contributed by atoms with Crippen LogP contribution in [0.3, 0.4) is 0 Å². The Morgan fingerprint density at radius 2 is 2.00 bits per heavy atom. The van der Waals surface area contributed by atoms with Crippen LogP contribution in [0.1, 0.15) is 26.2 Å². The zero-order valence-electron chi connectivity index (χ0n) is 11.6. The van der Waals surface area contributed by atoms with E-state index in [4.69, 9.17) is 0 Å². The normalized spacial score (nSPS) is 21.9. The van der Waals surface area contributed by atoms with Gasteiger partial charge < -0.3 is 10.6 Å². The van der Waals surface area contributed by atoms with Gasteiger partial charge in [-0.15, -0.1) is 0 Å². The summed E-state index contributed by atoms with van der Waals surface area (Å²) < 4.78 is 26.7. The van der Waals surface area contributed by atoms with E-state index >= 15 is 0 Å². The second-order valence-electron chi connectivity index (χ2n) is 5.44. The summed E-state index contributed by atoms with van der Waals surface area (Å²) in [5.74, 6) is -0.687. The molecule has 1 aromatic carbocycles. The average molecular weight is 282 g/mol. The third kappa shape index (κ3) is 3.76. The van der Waals surface area contributed by atoms with Crippen LogP contribution in [-0.2, 0) is 4.79 Å². The molecule has 1 aromatic rings. The lowest BCUT2D eigenvalue weighted by atomic mass is 9.98. The van der Waals surface area contributed by atoms with E-state index in [1.165, 1.54) is 25.3 Å². The first-order valence-electron chi connectivity index (χ1n) is 7.02. The first-order valence-corrected chi connectivity index (χ1v) is 7.02. The van der Waals surface area contributed by atoms with Crippen molar-refractivity contribution >= 4 is 11.6 Å². The number of halogens is 2. The summed E-state index contributed by atoms with van der Waals surface area (Å²) in [6.07, 6.45) is 3.65. The highest BCUT2D eigenvalue weighted by atomic mass is 19.1. The molecule has 1 amide bonds. The fourth-order valence-corrected chi connectivity index (χ4v) is 2.70. The number of rotatable bonds is 5. The average Bonchev–Trinajstić information content (AvgIpc) is 2.80. The quantitative estimate of drug-likeness (QED) is 0.872. The highest BCUT2D eigenvalue weighted by molar-refractivity contribution is 5.92. The van der Waals surface area contributed by atoms with Crippen molar-refractivity contribution in [1.82, 2.24) is 5.32 Å². The molecule has 0 bridgehead atoms. The number of hydrogen-bond donors (Lipinski definition) is 2. The lowest BCUT2D eigenvalue weighted by Gasteiger charge is -2.15. The summed E-state index contributed by atoms with van der Waals surface area (Å²) in [5.41, 5.74) is -0.381. The van der Waals surface area contributed by atoms with Crippen LogP contribution in [0.15, 0.2) is 18.2 Å². The van der Waals surface area contributed by atoms with E-state index in [-0.39, 0.29) is 12.2 Å². The van der Waals surface area contributed by atoms with Crippen molar-refractivity contribution in [3.8, 4) is 0 Å². The van der Waals surface area contributed by atoms with Crippen LogP contribution in [0.4, 0.5) is 14.5 Å². The Morgan fingerprint density at radius 1 is 1.30 bits per heavy atom. The summed E-state index contributed by atoms with van der Waals surface area (Å²) in [7, 11) is 0. The number of anilines is 1. The lowest BCUT2D eigenvalue weighted by Crippen LogP contribution is -2.32. The Balaban J connectivity index is 1.78. The van der Waals surface area contributed by atoms with Crippen molar-refractivity contribution in [1.29, 1.82) is 0 Å². The van der Waals surface area contributed by atoms with Crippen molar-refractivity contribution < 1.29 is 13.6 Å². The number of hydrogen-bond acceptors (Lipinski definition) is 2. The zero-order valence-corrected chi connectivity index (χ0v) is 11.6. The van der Waals surface area contributed by atoms with Crippen LogP contribution in [0.5, 0.6) is 0 Å². The zero-order chi connectivity index (χ0) is 14.5. The summed E-state index contributed by atoms with van der Waals surface area (Å²) >= 11 is 0. The predicted octanol–water partition coefficient (Wildman–Crippen LogP) is 2.93. The summed E-state index contributed by atoms with van der Waals surface area (Å²) in [4.78, 5) is 11.7. The molecule has 110 valence electrons. The molecule has 20 heavy (non-hydrogen) atoms. The molecule has 2 atom stereocenters. The molecular weight excluding hydrogens is 262 g/mol. The van der Waals surface area contributed by atoms with E-state index < -0.39 is 17.5 Å². The molecule has 1 fully saturated rings. The number of carbonyl (C=O) groups is 1. The van der Waals surface area contributed by atoms with Crippen LogP contribution >= 0.6 is 0 Å². The number of amides is 1. The minimum atomic E-state index is -0.761. The van der Waals surface area contributed by atoms with E-state index in [2.05, 4.69) is 17.6 Å². The second-order valence-corrected chi connectivity index (χ2v) is 5.44. The molecule has 0 aromatic heterocycles. The van der Waals surface area contributed by atoms with E-state index in [0.717, 1.165) is 18.7 Å². The van der Waals surface area contributed by atoms with Crippen LogP contribution < -0.4 is 10.6 Å². The Morgan fingerprint density at radius 3 is 2.60 bits per heavy atom. The Hall–Kier alpha value is -1.49. The molecule has 0 heterocycles. The molecule has 2 N–H and O–H groups in total. The summed E-state index contributed by atoms with van der Waals surface area (Å²) in [6, 6.07) is 3.50. The van der Waals surface area contributed by atoms with Gasteiger partial charge in [0.2, 0.25) is 5.91 Å². The van der Waals surface area contributed by atoms with Gasteiger partial charge in [0, 0.05) is 0 Å². The molecule has 2 unspecified atom stereocenters. The fraction of sp³-hybridized carbons (Fsp3) is 0.533. The summed E-state index contributed by atoms with van der Waals surface area (Å²) in [5, 5.41) is 5.32. The van der Waals surface area contributed by atoms with Gasteiger partial charge in [-0.05, 0) is 36.9 Å². The monoisotopic (exact) mass is 282 g/mol. The molecule has 1 aliphatic rings. The van der Waals surface area contributed by atoms with Crippen molar-refractivity contribution in [3.63, 3.8) is 0 Å². The standard InChI is InChI=1S/C15H20F2N2O/c1-10-4-2-5-11(10)8-18-9-14(20)19-15-12(16)6-3-7-13(15)17/h3,6-7,10-11,18H,2,4-5,8-9H2,1H3,(H,19,20). The molecule has 1 saturated carbocycles. The molecule has 3 nitrogen and oxygen atoms in total. The Labute approximate surface area is 117 Å². The van der Waals surface area contributed by atoms with Crippen molar-refractivity contribution in [2.45, 2.75) is 26.2 Å². The van der Waals surface area contributed by atoms with Gasteiger partial charge in [0.05, 0.1) is 6.54 Å². The van der Waals surface area contributed by atoms with E-state index in [1.807, 2.05) is 0 Å². The van der Waals surface area contributed by atoms with Gasteiger partial charge in [-0.3, -0.25) is 4.79 Å². The first-order chi connectivity index (χ1) is 9.58. The van der Waals surface area contributed by atoms with Crippen LogP contribution in [0.2, 0.25) is 0 Å². The van der Waals surface area contributed by atoms with E-state index in [1.54, 1.807) is 0 Å². The molecular formula is C15H20F2N2O. The van der Waals surface area contributed by atoms with E-state index in [0.29, 0.717) is 11.8 Å². The van der Waals surface area contributed by atoms with Crippen molar-refractivity contribution in [2.24, 2.45) is 11.8 Å². The van der Waals surface area contributed by atoms with Gasteiger partial charge in [-0.25, -0.2) is 8.78 Å². The number of para-hydroxylation sites is 1. The summed E-state index contributed by atoms with van der Waals surface area (Å²) in [6.45, 7) is 3.06. The molecule has 0 spiro atoms. The van der Waals surface area contributed by atoms with Crippen LogP contribution in [0, 0.1) is 23.5 Å². The maximum atomic E-state index is 13.4. The van der Waals surface area contributed by atoms with Crippen LogP contribution in [-0.4, -0.2) is 19.0 Å². The van der Waals surface area contributed by atoms with Gasteiger partial charge in [-0.1, -0.05) is 25.8 Å². The largest absolute Gasteiger partial charge is 0.320 e. The lowest BCUT2D eigenvalue weighted by molar-refractivity contribution is -0.115. The van der Waals surface area contributed by atoms with E-state index in [9.17, 15) is 13.6 Å². The topological polar surface area (TPSA) is 41.1 Å². The van der Waals surface area contributed by atoms with Crippen LogP contribution in [0.25, 0.3) is 0 Å². The van der Waals surface area contributed by atoms with Gasteiger partial charge >= 0.3 is 0 Å². The Kier molecular flexibility index (Phi) is 5.06. The third-order valence-electron chi connectivity index (χ3n) is 3.96. The molecule has 1 aliphatic carbocycles. The Bertz CT molecular complexity index is 459. The second kappa shape index (κ2) is 6.79. The predicted molar refractivity (Wildman–Crippen MR) is 74.4 cm³/mol. The highest BCUT2D eigenvalue weighted by Crippen LogP contribution is 2.30. The smallest absolute Gasteiger partial charge is 0.238 e. The van der Waals surface area contributed by atoms with Gasteiger partial charge in [-0.2, -0.15) is 0 Å². The maximum absolute atomic E-state index is 13.4. The highest BCUT2D eigenvalue weighted by Gasteiger charge is 2.22. The first kappa shape index (κ1) is 14.9. The van der Waals surface area contributed by atoms with Crippen molar-refractivity contribution in [2.75, 3.05) is 18.4 Å². The number of carbonyl (C=O) groups excluding carboxylic acids is 1. The maximum Gasteiger partial charge on any atom is 0.238 e. The van der Waals surface area contributed by atoms with Gasteiger partial charge in [0.1, 0.15) is 17.3 Å². The molecule has 5 heteroatoms.